The number of anilines is 1. The third kappa shape index (κ3) is 1.80. The van der Waals surface area contributed by atoms with E-state index in [2.05, 4.69) is 10.7 Å². The zero-order valence-electron chi connectivity index (χ0n) is 7.19. The number of hydrogen-bond acceptors (Lipinski definition) is 5. The fraction of sp³-hybridized carbons (Fsp3) is 0. The molecule has 0 aliphatic carbocycles. The summed E-state index contributed by atoms with van der Waals surface area (Å²) in [5, 5.41) is 0. The van der Waals surface area contributed by atoms with E-state index in [0.29, 0.717) is 0 Å². The molecule has 1 aromatic carbocycles. The van der Waals surface area contributed by atoms with E-state index >= 15 is 0 Å². The van der Waals surface area contributed by atoms with Crippen molar-refractivity contribution in [3.8, 4) is 0 Å². The van der Waals surface area contributed by atoms with Gasteiger partial charge in [-0.05, 0) is 18.2 Å². The Balaban J connectivity index is 3.14. The van der Waals surface area contributed by atoms with Gasteiger partial charge in [-0.3, -0.25) is 4.79 Å². The normalized spacial score (nSPS) is 9.50. The van der Waals surface area contributed by atoms with Crippen molar-refractivity contribution in [2.45, 2.75) is 0 Å². The van der Waals surface area contributed by atoms with Crippen LogP contribution in [0.5, 0.6) is 0 Å². The lowest BCUT2D eigenvalue weighted by atomic mass is 10.1. The lowest BCUT2D eigenvalue weighted by Gasteiger charge is -2.03. The molecule has 1 aromatic rings. The van der Waals surface area contributed by atoms with Gasteiger partial charge in [0, 0.05) is 11.3 Å². The van der Waals surface area contributed by atoms with Crippen molar-refractivity contribution >= 4 is 17.6 Å². The Labute approximate surface area is 79.6 Å². The molecule has 74 valence electrons. The first-order valence-electron chi connectivity index (χ1n) is 3.66. The average molecular weight is 195 g/mol. The molecule has 0 aliphatic heterocycles. The maximum Gasteiger partial charge on any atom is 0.358 e. The molecule has 0 heterocycles. The Hall–Kier alpha value is -2.08. The lowest BCUT2D eigenvalue weighted by Crippen LogP contribution is -2.15. The average Bonchev–Trinajstić information content (AvgIpc) is 2.16. The Kier molecular flexibility index (Phi) is 2.68. The zero-order chi connectivity index (χ0) is 10.7. The van der Waals surface area contributed by atoms with Crippen LogP contribution in [0.25, 0.3) is 0 Å². The van der Waals surface area contributed by atoms with E-state index in [9.17, 15) is 9.59 Å². The molecule has 0 fully saturated rings. The molecule has 0 unspecified atom stereocenters. The number of carbonyl (C=O) groups excluding carboxylic acids is 2. The predicted molar refractivity (Wildman–Crippen MR) is 49.0 cm³/mol. The van der Waals surface area contributed by atoms with Gasteiger partial charge in [-0.25, -0.2) is 4.79 Å². The molecule has 0 bridgehead atoms. The minimum absolute atomic E-state index is 0.0942. The molecule has 1 rings (SSSR count). The molecule has 0 radical (unpaired) electrons. The van der Waals surface area contributed by atoms with Crippen LogP contribution in [0.4, 0.5) is 5.69 Å². The van der Waals surface area contributed by atoms with Crippen molar-refractivity contribution in [2.24, 2.45) is 11.6 Å². The highest BCUT2D eigenvalue weighted by atomic mass is 16.7. The van der Waals surface area contributed by atoms with Crippen LogP contribution in [0.15, 0.2) is 18.2 Å². The summed E-state index contributed by atoms with van der Waals surface area (Å²) in [5.74, 6) is 3.29. The minimum Gasteiger partial charge on any atom is -0.398 e. The number of benzene rings is 1. The van der Waals surface area contributed by atoms with E-state index in [1.54, 1.807) is 0 Å². The molecule has 0 spiro atoms. The second-order valence-electron chi connectivity index (χ2n) is 2.57. The minimum atomic E-state index is -0.765. The van der Waals surface area contributed by atoms with Gasteiger partial charge in [0.1, 0.15) is 0 Å². The highest BCUT2D eigenvalue weighted by Crippen LogP contribution is 2.14. The van der Waals surface area contributed by atoms with Crippen LogP contribution in [-0.2, 0) is 4.84 Å². The monoisotopic (exact) mass is 195 g/mol. The van der Waals surface area contributed by atoms with Crippen LogP contribution in [0.2, 0.25) is 0 Å². The second-order valence-corrected chi connectivity index (χ2v) is 2.57. The van der Waals surface area contributed by atoms with E-state index in [1.807, 2.05) is 0 Å². The van der Waals surface area contributed by atoms with E-state index in [1.165, 1.54) is 18.2 Å². The molecule has 14 heavy (non-hydrogen) atoms. The molecule has 0 atom stereocenters. The molecule has 1 amide bonds. The number of nitrogens with two attached hydrogens (primary N) is 3. The first-order valence-corrected chi connectivity index (χ1v) is 3.66. The third-order valence-electron chi connectivity index (χ3n) is 1.66. The molecule has 6 nitrogen and oxygen atoms in total. The zero-order valence-corrected chi connectivity index (χ0v) is 7.19. The van der Waals surface area contributed by atoms with Gasteiger partial charge in [-0.15, -0.1) is 0 Å². The summed E-state index contributed by atoms with van der Waals surface area (Å²) in [7, 11) is 0. The summed E-state index contributed by atoms with van der Waals surface area (Å²) in [6, 6.07) is 3.98. The topological polar surface area (TPSA) is 121 Å². The molecule has 0 aliphatic rings. The van der Waals surface area contributed by atoms with Gasteiger partial charge in [0.25, 0.3) is 0 Å². The highest BCUT2D eigenvalue weighted by Gasteiger charge is 2.11. The Morgan fingerprint density at radius 3 is 2.36 bits per heavy atom. The Morgan fingerprint density at radius 2 is 1.93 bits per heavy atom. The van der Waals surface area contributed by atoms with Crippen LogP contribution < -0.4 is 17.4 Å². The number of primary amides is 1. The van der Waals surface area contributed by atoms with Crippen LogP contribution in [0, 0.1) is 0 Å². The lowest BCUT2D eigenvalue weighted by molar-refractivity contribution is 0.0504. The first kappa shape index (κ1) is 10.0. The van der Waals surface area contributed by atoms with Gasteiger partial charge >= 0.3 is 5.97 Å². The maximum absolute atomic E-state index is 11.0. The summed E-state index contributed by atoms with van der Waals surface area (Å²) in [6.07, 6.45) is 0. The maximum atomic E-state index is 11.0. The summed E-state index contributed by atoms with van der Waals surface area (Å²) in [4.78, 5) is 25.7. The highest BCUT2D eigenvalue weighted by molar-refractivity contribution is 5.99. The summed E-state index contributed by atoms with van der Waals surface area (Å²) in [5.41, 5.74) is 10.9. The predicted octanol–water partition coefficient (Wildman–Crippen LogP) is -0.602. The second kappa shape index (κ2) is 3.75. The number of carbonyl (C=O) groups is 2. The van der Waals surface area contributed by atoms with Gasteiger partial charge in [0.2, 0.25) is 5.91 Å². The van der Waals surface area contributed by atoms with Crippen molar-refractivity contribution < 1.29 is 14.4 Å². The third-order valence-corrected chi connectivity index (χ3v) is 1.66. The van der Waals surface area contributed by atoms with E-state index in [4.69, 9.17) is 11.5 Å². The summed E-state index contributed by atoms with van der Waals surface area (Å²) in [6.45, 7) is 0. The fourth-order valence-electron chi connectivity index (χ4n) is 0.965. The molecule has 6 heteroatoms. The Morgan fingerprint density at radius 1 is 1.29 bits per heavy atom. The number of hydrogen-bond donors (Lipinski definition) is 3. The van der Waals surface area contributed by atoms with Crippen molar-refractivity contribution in [3.05, 3.63) is 29.3 Å². The molecule has 0 saturated heterocycles. The molecule has 6 N–H and O–H groups in total. The van der Waals surface area contributed by atoms with Crippen LogP contribution >= 0.6 is 0 Å². The van der Waals surface area contributed by atoms with Crippen LogP contribution in [-0.4, -0.2) is 11.9 Å². The van der Waals surface area contributed by atoms with Gasteiger partial charge in [-0.2, -0.15) is 5.90 Å². The number of nitrogen functional groups attached to an aromatic ring is 1. The molecule has 0 aromatic heterocycles. The standard InChI is InChI=1S/C8H9N3O3/c9-6-3-4(7(10)12)1-2-5(6)8(13)14-11/h1-3H,9,11H2,(H2,10,12). The van der Waals surface area contributed by atoms with Crippen LogP contribution in [0.3, 0.4) is 0 Å². The first-order chi connectivity index (χ1) is 6.56. The van der Waals surface area contributed by atoms with E-state index in [-0.39, 0.29) is 16.8 Å². The van der Waals surface area contributed by atoms with E-state index in [0.717, 1.165) is 0 Å². The largest absolute Gasteiger partial charge is 0.398 e. The summed E-state index contributed by atoms with van der Waals surface area (Å²) < 4.78 is 0. The molecular formula is C8H9N3O3. The Bertz CT molecular complexity index is 389. The van der Waals surface area contributed by atoms with Gasteiger partial charge in [0.05, 0.1) is 5.56 Å². The van der Waals surface area contributed by atoms with Crippen LogP contribution in [0.1, 0.15) is 20.7 Å². The number of amides is 1. The SMILES string of the molecule is NOC(=O)c1ccc(C(N)=O)cc1N. The number of rotatable bonds is 2. The van der Waals surface area contributed by atoms with Crippen molar-refractivity contribution in [3.63, 3.8) is 0 Å². The fourth-order valence-corrected chi connectivity index (χ4v) is 0.965. The van der Waals surface area contributed by atoms with Gasteiger partial charge in [-0.1, -0.05) is 0 Å². The van der Waals surface area contributed by atoms with Crippen molar-refractivity contribution in [2.75, 3.05) is 5.73 Å². The quantitative estimate of drug-likeness (QED) is 0.429. The molecular weight excluding hydrogens is 186 g/mol. The van der Waals surface area contributed by atoms with Crippen molar-refractivity contribution in [1.29, 1.82) is 0 Å². The van der Waals surface area contributed by atoms with Gasteiger partial charge in [0.15, 0.2) is 0 Å². The van der Waals surface area contributed by atoms with Crippen molar-refractivity contribution in [1.82, 2.24) is 0 Å². The smallest absolute Gasteiger partial charge is 0.358 e. The van der Waals surface area contributed by atoms with Gasteiger partial charge < -0.3 is 16.3 Å². The van der Waals surface area contributed by atoms with E-state index < -0.39 is 11.9 Å². The summed E-state index contributed by atoms with van der Waals surface area (Å²) >= 11 is 0. The molecule has 0 saturated carbocycles.